The van der Waals surface area contributed by atoms with Crippen LogP contribution < -0.4 is 4.90 Å². The number of fused-ring (bicyclic) bond motifs is 9. The quantitative estimate of drug-likeness (QED) is 0.171. The molecule has 2 aliphatic rings. The van der Waals surface area contributed by atoms with Crippen LogP contribution >= 0.6 is 11.8 Å². The molecule has 2 heteroatoms. The molecule has 1 nitrogen and oxygen atoms in total. The number of hydrogen-bond donors (Lipinski definition) is 0. The molecule has 0 aromatic heterocycles. The molecule has 1 fully saturated rings. The van der Waals surface area contributed by atoms with E-state index in [9.17, 15) is 0 Å². The maximum atomic E-state index is 2.69. The number of nitrogens with zero attached hydrogens (tertiary/aromatic N) is 1. The van der Waals surface area contributed by atoms with Crippen LogP contribution in [0.2, 0.25) is 0 Å². The second kappa shape index (κ2) is 12.6. The van der Waals surface area contributed by atoms with E-state index in [0.29, 0.717) is 0 Å². The molecule has 0 radical (unpaired) electrons. The molecule has 1 saturated carbocycles. The fourth-order valence-electron chi connectivity index (χ4n) is 12.4. The highest BCUT2D eigenvalue weighted by atomic mass is 32.2. The van der Waals surface area contributed by atoms with Crippen molar-refractivity contribution in [2.75, 3.05) is 11.2 Å². The summed E-state index contributed by atoms with van der Waals surface area (Å²) < 4.78 is 0.00636. The van der Waals surface area contributed by atoms with Crippen LogP contribution in [0.4, 0.5) is 11.4 Å². The van der Waals surface area contributed by atoms with Crippen LogP contribution in [-0.4, -0.2) is 11.8 Å². The van der Waals surface area contributed by atoms with Crippen molar-refractivity contribution < 1.29 is 0 Å². The van der Waals surface area contributed by atoms with Crippen LogP contribution in [0.1, 0.15) is 38.2 Å². The van der Waals surface area contributed by atoms with E-state index in [0.717, 1.165) is 0 Å². The summed E-state index contributed by atoms with van der Waals surface area (Å²) in [6.45, 7) is 2.54. The molecule has 0 bridgehead atoms. The number of benzene rings is 9. The molecule has 1 heterocycles. The van der Waals surface area contributed by atoms with Crippen molar-refractivity contribution >= 4 is 87.8 Å². The van der Waals surface area contributed by atoms with E-state index in [-0.39, 0.29) is 10.3 Å². The summed E-state index contributed by atoms with van der Waals surface area (Å²) in [5, 5.41) is 16.1. The van der Waals surface area contributed by atoms with Crippen molar-refractivity contribution in [2.45, 2.75) is 42.9 Å². The Morgan fingerprint density at radius 3 is 1.60 bits per heavy atom. The van der Waals surface area contributed by atoms with Gasteiger partial charge in [0, 0.05) is 11.4 Å². The van der Waals surface area contributed by atoms with E-state index < -0.39 is 0 Å². The van der Waals surface area contributed by atoms with Gasteiger partial charge in [-0.3, -0.25) is 0 Å². The number of para-hydroxylation sites is 1. The average molecular weight is 786 g/mol. The first-order chi connectivity index (χ1) is 29.6. The van der Waals surface area contributed by atoms with E-state index in [1.54, 1.807) is 0 Å². The molecule has 11 aromatic rings. The second-order valence-electron chi connectivity index (χ2n) is 17.5. The van der Waals surface area contributed by atoms with Crippen molar-refractivity contribution in [3.8, 4) is 33.4 Å². The molecule has 0 spiro atoms. The molecule has 60 heavy (non-hydrogen) atoms. The summed E-state index contributed by atoms with van der Waals surface area (Å²) in [5.41, 5.74) is 12.0. The molecule has 11 aromatic carbocycles. The normalized spacial score (nSPS) is 19.1. The number of thioether (sulfide) groups is 1. The number of rotatable bonds is 5. The van der Waals surface area contributed by atoms with Gasteiger partial charge in [-0.05, 0) is 154 Å². The first-order valence-corrected chi connectivity index (χ1v) is 22.8. The lowest BCUT2D eigenvalue weighted by molar-refractivity contribution is 0.262. The Kier molecular flexibility index (Phi) is 7.24. The van der Waals surface area contributed by atoms with Gasteiger partial charge in [0.2, 0.25) is 0 Å². The molecule has 0 N–H and O–H groups in total. The highest BCUT2D eigenvalue weighted by molar-refractivity contribution is 7.99. The van der Waals surface area contributed by atoms with Crippen molar-refractivity contribution in [1.29, 1.82) is 0 Å². The van der Waals surface area contributed by atoms with Crippen molar-refractivity contribution in [3.05, 3.63) is 181 Å². The van der Waals surface area contributed by atoms with Gasteiger partial charge in [0.15, 0.2) is 0 Å². The Hall–Kier alpha value is -6.35. The number of anilines is 2. The molecule has 0 saturated heterocycles. The molecule has 2 unspecified atom stereocenters. The zero-order valence-corrected chi connectivity index (χ0v) is 34.7. The highest BCUT2D eigenvalue weighted by Gasteiger charge is 2.60. The second-order valence-corrected chi connectivity index (χ2v) is 18.6. The average Bonchev–Trinajstić information content (AvgIpc) is 3.90. The van der Waals surface area contributed by atoms with Gasteiger partial charge in [0.05, 0.1) is 10.3 Å². The SMILES string of the molecule is CSC12CCCCC1(C)N(c1ccccc1)c1ccc(-c3ccc4c5c(-c6ccccc6)c6c7cccc8cccc(c6c(-c6ccccc6)c5c5cccc3c54)c87)cc12. The van der Waals surface area contributed by atoms with Gasteiger partial charge in [-0.2, -0.15) is 11.8 Å². The molecule has 1 aliphatic heterocycles. The Bertz CT molecular complexity index is 3360. The molecule has 286 valence electrons. The highest BCUT2D eigenvalue weighted by Crippen LogP contribution is 2.65. The molecular weight excluding hydrogens is 743 g/mol. The third-order valence-corrected chi connectivity index (χ3v) is 16.4. The van der Waals surface area contributed by atoms with E-state index in [4.69, 9.17) is 0 Å². The van der Waals surface area contributed by atoms with Gasteiger partial charge < -0.3 is 4.90 Å². The standard InChI is InChI=1S/C58H43NS/c1-57-33-12-13-34-58(57,60-2)47-35-39(29-32-48(47)59(57)40-23-10-5-11-24-40)41-30-31-46-52-42(41)25-16-28-45(52)55-50(37-17-6-3-7-18-37)53-43-26-14-21-36-22-15-27-44(49(36)43)54(53)51(56(46)55)38-19-8-4-9-20-38/h3-11,14-32,35H,12-13,33-34H2,1-2H3. The summed E-state index contributed by atoms with van der Waals surface area (Å²) in [4.78, 5) is 2.69. The first kappa shape index (κ1) is 34.5. The summed E-state index contributed by atoms with van der Waals surface area (Å²) in [7, 11) is 0. The topological polar surface area (TPSA) is 3.24 Å². The fraction of sp³-hybridized carbons (Fsp3) is 0.138. The zero-order valence-electron chi connectivity index (χ0n) is 33.9. The van der Waals surface area contributed by atoms with Gasteiger partial charge in [-0.1, -0.05) is 165 Å². The smallest absolute Gasteiger partial charge is 0.0658 e. The maximum absolute atomic E-state index is 2.69. The van der Waals surface area contributed by atoms with E-state index in [1.807, 2.05) is 0 Å². The van der Waals surface area contributed by atoms with Gasteiger partial charge in [0.1, 0.15) is 0 Å². The van der Waals surface area contributed by atoms with E-state index >= 15 is 0 Å². The lowest BCUT2D eigenvalue weighted by Gasteiger charge is -2.51. The van der Waals surface area contributed by atoms with Crippen molar-refractivity contribution in [1.82, 2.24) is 0 Å². The molecular formula is C58H43NS. The van der Waals surface area contributed by atoms with Crippen LogP contribution in [0.3, 0.4) is 0 Å². The largest absolute Gasteiger partial charge is 0.334 e. The minimum absolute atomic E-state index is 0.00636. The summed E-state index contributed by atoms with van der Waals surface area (Å²) >= 11 is 2.08. The molecule has 13 rings (SSSR count). The Morgan fingerprint density at radius 1 is 0.450 bits per heavy atom. The molecule has 1 aliphatic carbocycles. The predicted octanol–water partition coefficient (Wildman–Crippen LogP) is 16.5. The van der Waals surface area contributed by atoms with Crippen molar-refractivity contribution in [3.63, 3.8) is 0 Å². The number of hydrogen-bond acceptors (Lipinski definition) is 2. The summed E-state index contributed by atoms with van der Waals surface area (Å²) in [6, 6.07) is 66.7. The predicted molar refractivity (Wildman–Crippen MR) is 261 cm³/mol. The molecule has 2 atom stereocenters. The zero-order chi connectivity index (χ0) is 39.7. The Balaban J connectivity index is 1.15. The Labute approximate surface area is 354 Å². The summed E-state index contributed by atoms with van der Waals surface area (Å²) in [5.74, 6) is 0. The fourth-order valence-corrected chi connectivity index (χ4v) is 13.8. The third-order valence-electron chi connectivity index (χ3n) is 14.8. The van der Waals surface area contributed by atoms with E-state index in [1.165, 1.54) is 141 Å². The third kappa shape index (κ3) is 4.34. The van der Waals surface area contributed by atoms with Crippen LogP contribution in [-0.2, 0) is 4.75 Å². The maximum Gasteiger partial charge on any atom is 0.0658 e. The Morgan fingerprint density at radius 2 is 0.983 bits per heavy atom. The lowest BCUT2D eigenvalue weighted by atomic mass is 9.71. The van der Waals surface area contributed by atoms with Crippen molar-refractivity contribution in [2.24, 2.45) is 0 Å². The summed E-state index contributed by atoms with van der Waals surface area (Å²) in [6.07, 6.45) is 7.25. The van der Waals surface area contributed by atoms with Gasteiger partial charge in [-0.15, -0.1) is 0 Å². The van der Waals surface area contributed by atoms with Crippen LogP contribution in [0.5, 0.6) is 0 Å². The van der Waals surface area contributed by atoms with Crippen LogP contribution in [0.15, 0.2) is 176 Å². The van der Waals surface area contributed by atoms with Crippen LogP contribution in [0, 0.1) is 0 Å². The van der Waals surface area contributed by atoms with E-state index in [2.05, 4.69) is 206 Å². The first-order valence-electron chi connectivity index (χ1n) is 21.6. The molecule has 0 amide bonds. The lowest BCUT2D eigenvalue weighted by Crippen LogP contribution is -2.54. The minimum Gasteiger partial charge on any atom is -0.334 e. The minimum atomic E-state index is -0.0122. The monoisotopic (exact) mass is 785 g/mol. The van der Waals surface area contributed by atoms with Gasteiger partial charge in [-0.25, -0.2) is 0 Å². The van der Waals surface area contributed by atoms with Gasteiger partial charge >= 0.3 is 0 Å². The van der Waals surface area contributed by atoms with Gasteiger partial charge in [0.25, 0.3) is 0 Å². The van der Waals surface area contributed by atoms with Crippen LogP contribution in [0.25, 0.3) is 98.0 Å².